The normalized spacial score (nSPS) is 13.8. The summed E-state index contributed by atoms with van der Waals surface area (Å²) in [4.78, 5) is 15.3. The minimum Gasteiger partial charge on any atom is -0.478 e. The zero-order valence-electron chi connectivity index (χ0n) is 16.3. The standard InChI is InChI=1S/C25H20ClNO3/c26-19-8-6-17(7-9-19)12-13-27-14-21-23(30-16-27)11-10-20-24(28)22(15-29-25(20)21)18-4-2-1-3-5-18/h1-11,15H,12-14,16H2. The zero-order chi connectivity index (χ0) is 20.5. The Morgan fingerprint density at radius 2 is 1.77 bits per heavy atom. The maximum atomic E-state index is 13.1. The lowest BCUT2D eigenvalue weighted by molar-refractivity contribution is 0.0968. The second-order valence-corrected chi connectivity index (χ2v) is 7.90. The summed E-state index contributed by atoms with van der Waals surface area (Å²) in [6.45, 7) is 2.02. The van der Waals surface area contributed by atoms with Crippen LogP contribution >= 0.6 is 11.6 Å². The van der Waals surface area contributed by atoms with Crippen LogP contribution < -0.4 is 10.2 Å². The maximum Gasteiger partial charge on any atom is 0.200 e. The van der Waals surface area contributed by atoms with E-state index in [9.17, 15) is 4.79 Å². The van der Waals surface area contributed by atoms with E-state index in [0.717, 1.165) is 34.9 Å². The van der Waals surface area contributed by atoms with E-state index in [2.05, 4.69) is 4.90 Å². The minimum absolute atomic E-state index is 0.0245. The average Bonchev–Trinajstić information content (AvgIpc) is 2.79. The molecular formula is C25H20ClNO3. The lowest BCUT2D eigenvalue weighted by Gasteiger charge is -2.29. The smallest absolute Gasteiger partial charge is 0.200 e. The number of hydrogen-bond acceptors (Lipinski definition) is 4. The summed E-state index contributed by atoms with van der Waals surface area (Å²) in [6.07, 6.45) is 2.45. The predicted octanol–water partition coefficient (Wildman–Crippen LogP) is 5.51. The highest BCUT2D eigenvalue weighted by Gasteiger charge is 2.22. The highest BCUT2D eigenvalue weighted by Crippen LogP contribution is 2.32. The number of fused-ring (bicyclic) bond motifs is 3. The molecule has 0 unspecified atom stereocenters. The molecule has 4 nitrogen and oxygen atoms in total. The van der Waals surface area contributed by atoms with Crippen LogP contribution in [0.25, 0.3) is 22.1 Å². The van der Waals surface area contributed by atoms with E-state index in [0.29, 0.717) is 29.8 Å². The first-order valence-corrected chi connectivity index (χ1v) is 10.3. The molecule has 30 heavy (non-hydrogen) atoms. The van der Waals surface area contributed by atoms with Crippen molar-refractivity contribution < 1.29 is 9.15 Å². The van der Waals surface area contributed by atoms with Gasteiger partial charge in [0.15, 0.2) is 0 Å². The van der Waals surface area contributed by atoms with Crippen LogP contribution in [-0.2, 0) is 13.0 Å². The molecule has 5 rings (SSSR count). The Bertz CT molecular complexity index is 1250. The fourth-order valence-electron chi connectivity index (χ4n) is 3.85. The van der Waals surface area contributed by atoms with Gasteiger partial charge >= 0.3 is 0 Å². The van der Waals surface area contributed by atoms with Gasteiger partial charge in [-0.3, -0.25) is 9.69 Å². The second kappa shape index (κ2) is 7.98. The zero-order valence-corrected chi connectivity index (χ0v) is 17.1. The molecule has 5 heteroatoms. The van der Waals surface area contributed by atoms with Crippen molar-refractivity contribution in [2.24, 2.45) is 0 Å². The fraction of sp³-hybridized carbons (Fsp3) is 0.160. The predicted molar refractivity (Wildman–Crippen MR) is 119 cm³/mol. The Morgan fingerprint density at radius 1 is 0.967 bits per heavy atom. The van der Waals surface area contributed by atoms with E-state index in [1.165, 1.54) is 5.56 Å². The van der Waals surface area contributed by atoms with Gasteiger partial charge < -0.3 is 9.15 Å². The average molecular weight is 418 g/mol. The third-order valence-electron chi connectivity index (χ3n) is 5.50. The highest BCUT2D eigenvalue weighted by atomic mass is 35.5. The van der Waals surface area contributed by atoms with E-state index in [1.807, 2.05) is 60.7 Å². The van der Waals surface area contributed by atoms with Crippen LogP contribution in [0.4, 0.5) is 0 Å². The molecule has 150 valence electrons. The summed E-state index contributed by atoms with van der Waals surface area (Å²) >= 11 is 5.97. The number of rotatable bonds is 4. The quantitative estimate of drug-likeness (QED) is 0.439. The Morgan fingerprint density at radius 3 is 2.57 bits per heavy atom. The molecule has 1 aliphatic heterocycles. The van der Waals surface area contributed by atoms with Gasteiger partial charge in [0.2, 0.25) is 5.43 Å². The maximum absolute atomic E-state index is 13.1. The van der Waals surface area contributed by atoms with E-state index in [-0.39, 0.29) is 5.43 Å². The van der Waals surface area contributed by atoms with Crippen molar-refractivity contribution in [2.45, 2.75) is 13.0 Å². The summed E-state index contributed by atoms with van der Waals surface area (Å²) in [7, 11) is 0. The van der Waals surface area contributed by atoms with Crippen molar-refractivity contribution >= 4 is 22.6 Å². The van der Waals surface area contributed by atoms with Gasteiger partial charge in [-0.1, -0.05) is 54.1 Å². The first-order valence-electron chi connectivity index (χ1n) is 9.91. The van der Waals surface area contributed by atoms with Crippen LogP contribution in [0.5, 0.6) is 5.75 Å². The molecule has 0 aliphatic carbocycles. The van der Waals surface area contributed by atoms with E-state index < -0.39 is 0 Å². The highest BCUT2D eigenvalue weighted by molar-refractivity contribution is 6.30. The van der Waals surface area contributed by atoms with Crippen LogP contribution in [0.2, 0.25) is 5.02 Å². The van der Waals surface area contributed by atoms with Gasteiger partial charge in [-0.25, -0.2) is 0 Å². The number of halogens is 1. The molecule has 4 aromatic rings. The van der Waals surface area contributed by atoms with Gasteiger partial charge in [0.05, 0.1) is 16.5 Å². The number of hydrogen-bond donors (Lipinski definition) is 0. The molecule has 0 fully saturated rings. The molecule has 0 saturated carbocycles. The largest absolute Gasteiger partial charge is 0.478 e. The molecule has 0 atom stereocenters. The van der Waals surface area contributed by atoms with Crippen molar-refractivity contribution in [3.63, 3.8) is 0 Å². The van der Waals surface area contributed by atoms with Crippen molar-refractivity contribution in [3.05, 3.63) is 99.4 Å². The van der Waals surface area contributed by atoms with E-state index in [4.69, 9.17) is 20.8 Å². The molecular weight excluding hydrogens is 398 g/mol. The van der Waals surface area contributed by atoms with Gasteiger partial charge in [-0.15, -0.1) is 0 Å². The summed E-state index contributed by atoms with van der Waals surface area (Å²) in [5.74, 6) is 0.779. The van der Waals surface area contributed by atoms with Crippen LogP contribution in [0.3, 0.4) is 0 Å². The summed E-state index contributed by atoms with van der Waals surface area (Å²) in [5, 5.41) is 1.32. The van der Waals surface area contributed by atoms with E-state index >= 15 is 0 Å². The number of nitrogens with zero attached hydrogens (tertiary/aromatic N) is 1. The molecule has 1 aromatic heterocycles. The van der Waals surface area contributed by atoms with Gasteiger partial charge in [-0.05, 0) is 41.8 Å². The lowest BCUT2D eigenvalue weighted by Crippen LogP contribution is -2.33. The molecule has 1 aliphatic rings. The molecule has 0 N–H and O–H groups in total. The summed E-state index contributed by atoms with van der Waals surface area (Å²) < 4.78 is 11.9. The molecule has 0 saturated heterocycles. The Kier molecular flexibility index (Phi) is 5.03. The van der Waals surface area contributed by atoms with Crippen molar-refractivity contribution in [3.8, 4) is 16.9 Å². The van der Waals surface area contributed by atoms with Crippen molar-refractivity contribution in [1.82, 2.24) is 4.90 Å². The number of ether oxygens (including phenoxy) is 1. The first-order chi connectivity index (χ1) is 14.7. The Labute approximate surface area is 179 Å². The van der Waals surface area contributed by atoms with Crippen LogP contribution in [0.15, 0.2) is 82.2 Å². The topological polar surface area (TPSA) is 42.7 Å². The van der Waals surface area contributed by atoms with Crippen LogP contribution in [-0.4, -0.2) is 18.2 Å². The third kappa shape index (κ3) is 3.60. The fourth-order valence-corrected chi connectivity index (χ4v) is 3.98. The molecule has 0 bridgehead atoms. The van der Waals surface area contributed by atoms with Gasteiger partial charge in [0.25, 0.3) is 0 Å². The third-order valence-corrected chi connectivity index (χ3v) is 5.75. The van der Waals surface area contributed by atoms with Crippen LogP contribution in [0.1, 0.15) is 11.1 Å². The molecule has 0 radical (unpaired) electrons. The molecule has 0 spiro atoms. The van der Waals surface area contributed by atoms with Gasteiger partial charge in [0, 0.05) is 18.1 Å². The van der Waals surface area contributed by atoms with Gasteiger partial charge in [0.1, 0.15) is 24.3 Å². The molecule has 0 amide bonds. The summed E-state index contributed by atoms with van der Waals surface area (Å²) in [5.41, 5.74) is 4.15. The number of benzene rings is 3. The minimum atomic E-state index is -0.0245. The molecule has 2 heterocycles. The van der Waals surface area contributed by atoms with Gasteiger partial charge in [-0.2, -0.15) is 0 Å². The Balaban J connectivity index is 1.43. The van der Waals surface area contributed by atoms with E-state index in [1.54, 1.807) is 12.3 Å². The second-order valence-electron chi connectivity index (χ2n) is 7.47. The van der Waals surface area contributed by atoms with Crippen molar-refractivity contribution in [2.75, 3.05) is 13.3 Å². The van der Waals surface area contributed by atoms with Crippen molar-refractivity contribution in [1.29, 1.82) is 0 Å². The monoisotopic (exact) mass is 417 g/mol. The molecule has 3 aromatic carbocycles. The Hall–Kier alpha value is -3.08. The SMILES string of the molecule is O=c1c(-c2ccccc2)coc2c3c(ccc12)OCN(CCc1ccc(Cl)cc1)C3. The summed E-state index contributed by atoms with van der Waals surface area (Å²) in [6, 6.07) is 21.2. The van der Waals surface area contributed by atoms with Crippen LogP contribution in [0, 0.1) is 0 Å². The lowest BCUT2D eigenvalue weighted by atomic mass is 10.0. The first kappa shape index (κ1) is 18.9.